The Balaban J connectivity index is 1.94. The summed E-state index contributed by atoms with van der Waals surface area (Å²) in [5.74, 6) is -0.792. The minimum Gasteiger partial charge on any atom is -0.465 e. The maximum atomic E-state index is 12.6. The first-order valence-corrected chi connectivity index (χ1v) is 9.67. The lowest BCUT2D eigenvalue weighted by Crippen LogP contribution is -2.58. The first-order valence-electron chi connectivity index (χ1n) is 8.59. The van der Waals surface area contributed by atoms with Crippen molar-refractivity contribution in [2.24, 2.45) is 5.92 Å². The second-order valence-corrected chi connectivity index (χ2v) is 7.78. The summed E-state index contributed by atoms with van der Waals surface area (Å²) >= 11 is 2.21. The van der Waals surface area contributed by atoms with Gasteiger partial charge in [0.2, 0.25) is 11.8 Å². The number of carbonyl (C=O) groups is 3. The Bertz CT molecular complexity index is 648. The number of anilines is 1. The van der Waals surface area contributed by atoms with Crippen LogP contribution in [-0.4, -0.2) is 55.0 Å². The van der Waals surface area contributed by atoms with E-state index >= 15 is 0 Å². The maximum absolute atomic E-state index is 12.6. The van der Waals surface area contributed by atoms with Crippen LogP contribution in [0.15, 0.2) is 24.3 Å². The highest BCUT2D eigenvalue weighted by Crippen LogP contribution is 2.13. The molecule has 0 spiro atoms. The van der Waals surface area contributed by atoms with Crippen molar-refractivity contribution in [2.45, 2.75) is 26.3 Å². The Labute approximate surface area is 167 Å². The van der Waals surface area contributed by atoms with E-state index in [1.165, 1.54) is 4.90 Å². The third-order valence-electron chi connectivity index (χ3n) is 3.88. The van der Waals surface area contributed by atoms with E-state index in [-0.39, 0.29) is 30.7 Å². The molecule has 2 amide bonds. The number of ether oxygens (including phenoxy) is 1. The summed E-state index contributed by atoms with van der Waals surface area (Å²) in [6, 6.07) is 6.83. The molecule has 2 rings (SSSR count). The fourth-order valence-electron chi connectivity index (χ4n) is 2.54. The van der Waals surface area contributed by atoms with E-state index in [2.05, 4.69) is 33.2 Å². The first kappa shape index (κ1) is 20.5. The largest absolute Gasteiger partial charge is 0.465 e. The molecule has 0 saturated carbocycles. The van der Waals surface area contributed by atoms with Crippen LogP contribution < -0.4 is 10.6 Å². The van der Waals surface area contributed by atoms with Crippen LogP contribution in [0.2, 0.25) is 0 Å². The second-order valence-electron chi connectivity index (χ2n) is 6.54. The summed E-state index contributed by atoms with van der Waals surface area (Å²) < 4.78 is 6.25. The van der Waals surface area contributed by atoms with Crippen molar-refractivity contribution in [3.8, 4) is 0 Å². The molecule has 1 aliphatic rings. The van der Waals surface area contributed by atoms with Crippen LogP contribution in [0.25, 0.3) is 0 Å². The molecule has 0 aliphatic carbocycles. The number of halogens is 1. The van der Waals surface area contributed by atoms with Crippen LogP contribution in [0.5, 0.6) is 0 Å². The number of piperazine rings is 1. The summed E-state index contributed by atoms with van der Waals surface area (Å²) in [5, 5.41) is 5.76. The van der Waals surface area contributed by atoms with Gasteiger partial charge in [-0.2, -0.15) is 0 Å². The third kappa shape index (κ3) is 6.15. The summed E-state index contributed by atoms with van der Waals surface area (Å²) in [4.78, 5) is 38.2. The molecule has 1 aromatic rings. The van der Waals surface area contributed by atoms with E-state index in [0.717, 1.165) is 9.26 Å². The van der Waals surface area contributed by atoms with E-state index in [4.69, 9.17) is 4.74 Å². The summed E-state index contributed by atoms with van der Waals surface area (Å²) in [5.41, 5.74) is 0.827. The minimum absolute atomic E-state index is 0.0609. The number of hydrogen-bond acceptors (Lipinski definition) is 5. The molecule has 0 bridgehead atoms. The zero-order valence-electron chi connectivity index (χ0n) is 15.0. The fraction of sp³-hybridized carbons (Fsp3) is 0.500. The number of benzene rings is 1. The molecule has 1 atom stereocenters. The van der Waals surface area contributed by atoms with Crippen molar-refractivity contribution >= 4 is 46.1 Å². The Morgan fingerprint density at radius 2 is 2.04 bits per heavy atom. The molecule has 1 aromatic carbocycles. The van der Waals surface area contributed by atoms with Gasteiger partial charge in [0.1, 0.15) is 6.04 Å². The second kappa shape index (κ2) is 9.75. The smallest absolute Gasteiger partial charge is 0.308 e. The Kier molecular flexibility index (Phi) is 7.67. The van der Waals surface area contributed by atoms with Crippen LogP contribution in [0.4, 0.5) is 5.69 Å². The van der Waals surface area contributed by atoms with Crippen LogP contribution in [-0.2, 0) is 19.1 Å². The highest BCUT2D eigenvalue weighted by molar-refractivity contribution is 14.1. The van der Waals surface area contributed by atoms with Crippen molar-refractivity contribution in [3.05, 3.63) is 27.8 Å². The minimum atomic E-state index is -0.825. The number of esters is 1. The Morgan fingerprint density at radius 1 is 1.35 bits per heavy atom. The Hall–Kier alpha value is -1.84. The average Bonchev–Trinajstić information content (AvgIpc) is 2.61. The van der Waals surface area contributed by atoms with Gasteiger partial charge in [0.05, 0.1) is 19.6 Å². The highest BCUT2D eigenvalue weighted by Gasteiger charge is 2.34. The third-order valence-corrected chi connectivity index (χ3v) is 4.60. The first-order chi connectivity index (χ1) is 12.4. The molecule has 0 radical (unpaired) electrons. The lowest BCUT2D eigenvalue weighted by Gasteiger charge is -2.34. The number of nitrogens with zero attached hydrogens (tertiary/aromatic N) is 1. The summed E-state index contributed by atoms with van der Waals surface area (Å²) in [6.07, 6.45) is -0.131. The normalized spacial score (nSPS) is 17.0. The lowest BCUT2D eigenvalue weighted by atomic mass is 10.1. The molecule has 1 saturated heterocycles. The van der Waals surface area contributed by atoms with Gasteiger partial charge in [-0.3, -0.25) is 14.4 Å². The molecule has 0 aromatic heterocycles. The molecule has 1 fully saturated rings. The molecule has 1 aliphatic heterocycles. The number of nitrogens with one attached hydrogen (secondary N) is 2. The SMILES string of the molecule is CC(C)COC(=O)CC1C(=O)NCCN1C(=O)CNc1ccc(I)cc1. The molecule has 26 heavy (non-hydrogen) atoms. The van der Waals surface area contributed by atoms with E-state index in [1.807, 2.05) is 38.1 Å². The molecule has 1 unspecified atom stereocenters. The quantitative estimate of drug-likeness (QED) is 0.465. The number of rotatable bonds is 7. The van der Waals surface area contributed by atoms with Gasteiger partial charge in [-0.15, -0.1) is 0 Å². The highest BCUT2D eigenvalue weighted by atomic mass is 127. The predicted octanol–water partition coefficient (Wildman–Crippen LogP) is 1.62. The van der Waals surface area contributed by atoms with E-state index in [1.54, 1.807) is 0 Å². The zero-order chi connectivity index (χ0) is 19.1. The van der Waals surface area contributed by atoms with E-state index < -0.39 is 12.0 Å². The monoisotopic (exact) mass is 473 g/mol. The summed E-state index contributed by atoms with van der Waals surface area (Å²) in [7, 11) is 0. The van der Waals surface area contributed by atoms with Crippen LogP contribution in [0.3, 0.4) is 0 Å². The van der Waals surface area contributed by atoms with Crippen molar-refractivity contribution in [1.29, 1.82) is 0 Å². The molecule has 7 nitrogen and oxygen atoms in total. The molecule has 2 N–H and O–H groups in total. The topological polar surface area (TPSA) is 87.7 Å². The van der Waals surface area contributed by atoms with Crippen LogP contribution >= 0.6 is 22.6 Å². The van der Waals surface area contributed by atoms with E-state index in [0.29, 0.717) is 19.7 Å². The van der Waals surface area contributed by atoms with Crippen LogP contribution in [0, 0.1) is 9.49 Å². The number of amides is 2. The van der Waals surface area contributed by atoms with Crippen molar-refractivity contribution < 1.29 is 19.1 Å². The van der Waals surface area contributed by atoms with Gasteiger partial charge < -0.3 is 20.3 Å². The van der Waals surface area contributed by atoms with Crippen molar-refractivity contribution in [1.82, 2.24) is 10.2 Å². The Morgan fingerprint density at radius 3 is 2.69 bits per heavy atom. The number of hydrogen-bond donors (Lipinski definition) is 2. The lowest BCUT2D eigenvalue weighted by molar-refractivity contribution is -0.152. The van der Waals surface area contributed by atoms with Crippen molar-refractivity contribution in [3.63, 3.8) is 0 Å². The molecule has 8 heteroatoms. The molecular weight excluding hydrogens is 449 g/mol. The van der Waals surface area contributed by atoms with Crippen molar-refractivity contribution in [2.75, 3.05) is 31.6 Å². The standard InChI is InChI=1S/C18H24IN3O4/c1-12(2)11-26-17(24)9-15-18(25)20-7-8-22(15)16(23)10-21-14-5-3-13(19)4-6-14/h3-6,12,15,21H,7-11H2,1-2H3,(H,20,25). The molecule has 142 valence electrons. The summed E-state index contributed by atoms with van der Waals surface area (Å²) in [6.45, 7) is 4.99. The van der Waals surface area contributed by atoms with E-state index in [9.17, 15) is 14.4 Å². The fourth-order valence-corrected chi connectivity index (χ4v) is 2.90. The molecular formula is C18H24IN3O4. The molecule has 1 heterocycles. The maximum Gasteiger partial charge on any atom is 0.308 e. The zero-order valence-corrected chi connectivity index (χ0v) is 17.1. The van der Waals surface area contributed by atoms with Gasteiger partial charge in [0, 0.05) is 22.3 Å². The van der Waals surface area contributed by atoms with Crippen LogP contribution in [0.1, 0.15) is 20.3 Å². The van der Waals surface area contributed by atoms with Gasteiger partial charge >= 0.3 is 5.97 Å². The van der Waals surface area contributed by atoms with Gasteiger partial charge in [0.15, 0.2) is 0 Å². The average molecular weight is 473 g/mol. The van der Waals surface area contributed by atoms with Gasteiger partial charge in [-0.05, 0) is 52.8 Å². The predicted molar refractivity (Wildman–Crippen MR) is 107 cm³/mol. The van der Waals surface area contributed by atoms with Gasteiger partial charge in [-0.25, -0.2) is 0 Å². The van der Waals surface area contributed by atoms with Gasteiger partial charge in [0.25, 0.3) is 0 Å². The number of carbonyl (C=O) groups excluding carboxylic acids is 3. The van der Waals surface area contributed by atoms with Gasteiger partial charge in [-0.1, -0.05) is 13.8 Å².